The van der Waals surface area contributed by atoms with Gasteiger partial charge in [0.1, 0.15) is 0 Å². The molecule has 2 fully saturated rings. The number of unbranched alkanes of at least 4 members (excludes halogenated alkanes) is 2. The van der Waals surface area contributed by atoms with Crippen molar-refractivity contribution >= 4 is 16.6 Å². The van der Waals surface area contributed by atoms with Crippen molar-refractivity contribution in [3.63, 3.8) is 0 Å². The highest BCUT2D eigenvalue weighted by Gasteiger charge is 2.51. The van der Waals surface area contributed by atoms with Gasteiger partial charge in [-0.15, -0.1) is 0 Å². The van der Waals surface area contributed by atoms with Gasteiger partial charge < -0.3 is 18.7 Å². The maximum Gasteiger partial charge on any atom is 0.192 e. The van der Waals surface area contributed by atoms with Crippen LogP contribution in [0.3, 0.4) is 0 Å². The van der Waals surface area contributed by atoms with Gasteiger partial charge >= 0.3 is 0 Å². The summed E-state index contributed by atoms with van der Waals surface area (Å²) in [5.74, 6) is 0.605. The first-order valence-electron chi connectivity index (χ1n) is 13.4. The van der Waals surface area contributed by atoms with E-state index in [1.165, 1.54) is 19.3 Å². The molecule has 6 atom stereocenters. The van der Waals surface area contributed by atoms with Crippen LogP contribution < -0.4 is 0 Å². The van der Waals surface area contributed by atoms with Gasteiger partial charge in [-0.1, -0.05) is 79.9 Å². The molecule has 33 heavy (non-hydrogen) atoms. The number of aliphatic hydroxyl groups excluding tert-OH is 1. The first-order valence-corrected chi connectivity index (χ1v) is 19.2. The third-order valence-electron chi connectivity index (χ3n) is 8.82. The van der Waals surface area contributed by atoms with E-state index in [1.807, 2.05) is 0 Å². The summed E-state index contributed by atoms with van der Waals surface area (Å²) in [6.07, 6.45) is 10.7. The molecule has 1 aliphatic heterocycles. The number of hydrogen-bond donors (Lipinski definition) is 1. The second-order valence-electron chi connectivity index (χ2n) is 13.6. The third kappa shape index (κ3) is 7.50. The maximum atomic E-state index is 10.3. The summed E-state index contributed by atoms with van der Waals surface area (Å²) in [6, 6.07) is 0. The Kier molecular flexibility index (Phi) is 9.71. The molecule has 0 amide bonds. The van der Waals surface area contributed by atoms with Gasteiger partial charge in [0.25, 0.3) is 0 Å². The molecule has 0 aromatic heterocycles. The van der Waals surface area contributed by atoms with Crippen LogP contribution in [0, 0.1) is 11.8 Å². The summed E-state index contributed by atoms with van der Waals surface area (Å²) in [5, 5.41) is 10.7. The molecule has 2 rings (SSSR count). The molecular formula is C27H54O4Si2. The minimum absolute atomic E-state index is 0.0360. The largest absolute Gasteiger partial charge is 0.414 e. The van der Waals surface area contributed by atoms with Gasteiger partial charge in [0.15, 0.2) is 22.9 Å². The molecular weight excluding hydrogens is 444 g/mol. The summed E-state index contributed by atoms with van der Waals surface area (Å²) < 4.78 is 19.7. The molecule has 2 bridgehead atoms. The van der Waals surface area contributed by atoms with E-state index in [2.05, 4.69) is 86.8 Å². The Bertz CT molecular complexity index is 647. The average molecular weight is 499 g/mol. The standard InChI is InChI=1S/C27H54O4Si2/c1-12-13-14-15-20(30-32(8,9)26(2,3)4)16-17-21-22-18-25(28)29-23(21)19-24(22)31-33(10,11)27(5,6)7/h16-17,20-25,28H,12-15,18-19H2,1-11H3. The molecule has 1 heterocycles. The quantitative estimate of drug-likeness (QED) is 0.191. The van der Waals surface area contributed by atoms with E-state index in [9.17, 15) is 5.11 Å². The lowest BCUT2D eigenvalue weighted by atomic mass is 9.87. The Morgan fingerprint density at radius 2 is 1.58 bits per heavy atom. The molecule has 194 valence electrons. The summed E-state index contributed by atoms with van der Waals surface area (Å²) in [5.41, 5.74) is 0. The minimum atomic E-state index is -1.88. The fourth-order valence-electron chi connectivity index (χ4n) is 4.58. The molecule has 0 aromatic rings. The van der Waals surface area contributed by atoms with E-state index >= 15 is 0 Å². The van der Waals surface area contributed by atoms with Gasteiger partial charge in [0.2, 0.25) is 0 Å². The summed E-state index contributed by atoms with van der Waals surface area (Å²) in [7, 11) is -3.73. The van der Waals surface area contributed by atoms with Gasteiger partial charge in [0, 0.05) is 12.3 Å². The van der Waals surface area contributed by atoms with Crippen molar-refractivity contribution in [3.05, 3.63) is 12.2 Å². The number of hydrogen-bond acceptors (Lipinski definition) is 4. The molecule has 1 saturated carbocycles. The van der Waals surface area contributed by atoms with Crippen LogP contribution in [0.2, 0.25) is 36.3 Å². The van der Waals surface area contributed by atoms with Crippen molar-refractivity contribution < 1.29 is 18.7 Å². The van der Waals surface area contributed by atoms with E-state index in [1.54, 1.807) is 0 Å². The van der Waals surface area contributed by atoms with Crippen LogP contribution in [0.4, 0.5) is 0 Å². The molecule has 0 aromatic carbocycles. The first kappa shape index (κ1) is 29.2. The van der Waals surface area contributed by atoms with E-state index in [0.717, 1.165) is 12.8 Å². The molecule has 6 heteroatoms. The Labute approximate surface area is 207 Å². The highest BCUT2D eigenvalue weighted by atomic mass is 28.4. The normalized spacial score (nSPS) is 30.2. The zero-order valence-corrected chi connectivity index (χ0v) is 25.5. The van der Waals surface area contributed by atoms with Crippen molar-refractivity contribution in [1.29, 1.82) is 0 Å². The van der Waals surface area contributed by atoms with Crippen molar-refractivity contribution in [1.82, 2.24) is 0 Å². The molecule has 0 spiro atoms. The number of ether oxygens (including phenoxy) is 1. The van der Waals surface area contributed by atoms with Crippen LogP contribution in [0.5, 0.6) is 0 Å². The topological polar surface area (TPSA) is 47.9 Å². The highest BCUT2D eigenvalue weighted by Crippen LogP contribution is 2.48. The van der Waals surface area contributed by atoms with Gasteiger partial charge in [-0.3, -0.25) is 0 Å². The lowest BCUT2D eigenvalue weighted by Crippen LogP contribution is -2.45. The first-order chi connectivity index (χ1) is 15.0. The lowest BCUT2D eigenvalue weighted by molar-refractivity contribution is -0.173. The monoisotopic (exact) mass is 498 g/mol. The second kappa shape index (κ2) is 11.0. The zero-order chi connectivity index (χ0) is 25.2. The molecule has 0 radical (unpaired) electrons. The molecule has 4 nitrogen and oxygen atoms in total. The molecule has 1 aliphatic carbocycles. The van der Waals surface area contributed by atoms with Crippen LogP contribution in [0.25, 0.3) is 0 Å². The maximum absolute atomic E-state index is 10.3. The predicted molar refractivity (Wildman–Crippen MR) is 145 cm³/mol. The predicted octanol–water partition coefficient (Wildman–Crippen LogP) is 7.65. The SMILES string of the molecule is CCCCCC(C=CC1C2CC(O[Si](C)(C)C(C)(C)C)C1CC(O)O2)O[Si](C)(C)C(C)(C)C. The summed E-state index contributed by atoms with van der Waals surface area (Å²) in [4.78, 5) is 0. The van der Waals surface area contributed by atoms with Crippen LogP contribution in [-0.4, -0.2) is 46.3 Å². The van der Waals surface area contributed by atoms with Crippen LogP contribution >= 0.6 is 0 Å². The minimum Gasteiger partial charge on any atom is -0.414 e. The van der Waals surface area contributed by atoms with E-state index in [-0.39, 0.29) is 28.4 Å². The summed E-state index contributed by atoms with van der Waals surface area (Å²) in [6.45, 7) is 25.4. The smallest absolute Gasteiger partial charge is 0.192 e. The molecule has 1 N–H and O–H groups in total. The zero-order valence-electron chi connectivity index (χ0n) is 23.5. The van der Waals surface area contributed by atoms with Gasteiger partial charge in [-0.2, -0.15) is 0 Å². The van der Waals surface area contributed by atoms with Gasteiger partial charge in [-0.25, -0.2) is 0 Å². The van der Waals surface area contributed by atoms with E-state index in [0.29, 0.717) is 18.3 Å². The van der Waals surface area contributed by atoms with Gasteiger partial charge in [0.05, 0.1) is 18.3 Å². The Morgan fingerprint density at radius 3 is 2.12 bits per heavy atom. The van der Waals surface area contributed by atoms with Crippen LogP contribution in [0.15, 0.2) is 12.2 Å². The van der Waals surface area contributed by atoms with Crippen molar-refractivity contribution in [2.45, 2.75) is 148 Å². The third-order valence-corrected chi connectivity index (χ3v) is 17.8. The Hall–Kier alpha value is 0.0138. The van der Waals surface area contributed by atoms with Crippen molar-refractivity contribution in [2.24, 2.45) is 11.8 Å². The second-order valence-corrected chi connectivity index (χ2v) is 23.1. The Balaban J connectivity index is 2.19. The number of aliphatic hydroxyl groups is 1. The van der Waals surface area contributed by atoms with Crippen LogP contribution in [0.1, 0.15) is 87.0 Å². The van der Waals surface area contributed by atoms with Crippen molar-refractivity contribution in [3.8, 4) is 0 Å². The highest BCUT2D eigenvalue weighted by molar-refractivity contribution is 6.74. The molecule has 6 unspecified atom stereocenters. The average Bonchev–Trinajstić information content (AvgIpc) is 2.83. The van der Waals surface area contributed by atoms with E-state index in [4.69, 9.17) is 13.6 Å². The van der Waals surface area contributed by atoms with E-state index < -0.39 is 22.9 Å². The van der Waals surface area contributed by atoms with Crippen LogP contribution in [-0.2, 0) is 13.6 Å². The fraction of sp³-hybridized carbons (Fsp3) is 0.926. The molecule has 1 saturated heterocycles. The molecule has 2 aliphatic rings. The summed E-state index contributed by atoms with van der Waals surface area (Å²) >= 11 is 0. The van der Waals surface area contributed by atoms with Gasteiger partial charge in [-0.05, 0) is 55.0 Å². The number of rotatable bonds is 10. The number of fused-ring (bicyclic) bond motifs is 2. The Morgan fingerprint density at radius 1 is 0.970 bits per heavy atom. The van der Waals surface area contributed by atoms with Crippen molar-refractivity contribution in [2.75, 3.05) is 0 Å². The lowest BCUT2D eigenvalue weighted by Gasteiger charge is -2.40. The fourth-order valence-corrected chi connectivity index (χ4v) is 7.27.